The molecule has 1 aliphatic carbocycles. The zero-order valence-corrected chi connectivity index (χ0v) is 17.3. The van der Waals surface area contributed by atoms with Crippen LogP contribution < -0.4 is 4.74 Å². The third kappa shape index (κ3) is 3.96. The second-order valence-electron chi connectivity index (χ2n) is 8.66. The highest BCUT2D eigenvalue weighted by atomic mass is 16.5. The van der Waals surface area contributed by atoms with Crippen LogP contribution >= 0.6 is 0 Å². The minimum Gasteiger partial charge on any atom is -0.462 e. The van der Waals surface area contributed by atoms with E-state index in [-0.39, 0.29) is 16.8 Å². The number of carbonyl (C=O) groups excluding carboxylic acids is 2. The van der Waals surface area contributed by atoms with Crippen LogP contribution in [-0.4, -0.2) is 18.5 Å². The Kier molecular flexibility index (Phi) is 5.33. The first-order chi connectivity index (χ1) is 13.1. The molecular weight excluding hydrogens is 352 g/mol. The van der Waals surface area contributed by atoms with Crippen LogP contribution in [0, 0.1) is 0 Å². The van der Waals surface area contributed by atoms with E-state index in [1.165, 1.54) is 11.1 Å². The highest BCUT2D eigenvalue weighted by molar-refractivity contribution is 5.92. The number of rotatable bonds is 4. The summed E-state index contributed by atoms with van der Waals surface area (Å²) in [6.07, 6.45) is 2.21. The molecule has 1 aliphatic rings. The van der Waals surface area contributed by atoms with Gasteiger partial charge in [0.2, 0.25) is 0 Å². The Balaban J connectivity index is 1.81. The first kappa shape index (κ1) is 20.1. The first-order valence-corrected chi connectivity index (χ1v) is 9.78. The molecule has 2 aromatic carbocycles. The maximum absolute atomic E-state index is 12.7. The number of benzene rings is 2. The lowest BCUT2D eigenvalue weighted by Crippen LogP contribution is -2.34. The fraction of sp³-hybridized carbons (Fsp3) is 0.417. The minimum absolute atomic E-state index is 0.0302. The molecule has 4 heteroatoms. The zero-order valence-electron chi connectivity index (χ0n) is 17.3. The highest BCUT2D eigenvalue weighted by Gasteiger charge is 2.37. The number of carbonyl (C=O) groups is 2. The van der Waals surface area contributed by atoms with Crippen molar-refractivity contribution in [2.75, 3.05) is 6.61 Å². The molecule has 3 rings (SSSR count). The molecule has 2 aromatic rings. The van der Waals surface area contributed by atoms with Gasteiger partial charge in [0.1, 0.15) is 5.75 Å². The highest BCUT2D eigenvalue weighted by Crippen LogP contribution is 2.45. The van der Waals surface area contributed by atoms with Crippen LogP contribution in [0.3, 0.4) is 0 Å². The van der Waals surface area contributed by atoms with Gasteiger partial charge >= 0.3 is 11.9 Å². The van der Waals surface area contributed by atoms with Gasteiger partial charge in [0.05, 0.1) is 17.7 Å². The molecular formula is C24H28O4. The minimum atomic E-state index is -0.397. The van der Waals surface area contributed by atoms with Gasteiger partial charge in [-0.1, -0.05) is 33.8 Å². The lowest BCUT2D eigenvalue weighted by Gasteiger charge is -2.41. The zero-order chi connectivity index (χ0) is 20.5. The Labute approximate surface area is 166 Å². The van der Waals surface area contributed by atoms with Crippen molar-refractivity contribution in [1.29, 1.82) is 0 Å². The molecule has 28 heavy (non-hydrogen) atoms. The molecule has 0 saturated heterocycles. The van der Waals surface area contributed by atoms with E-state index < -0.39 is 5.97 Å². The summed E-state index contributed by atoms with van der Waals surface area (Å²) in [6.45, 7) is 11.0. The number of hydrogen-bond donors (Lipinski definition) is 0. The van der Waals surface area contributed by atoms with Gasteiger partial charge in [-0.25, -0.2) is 9.59 Å². The van der Waals surface area contributed by atoms with Crippen LogP contribution in [0.5, 0.6) is 5.75 Å². The molecule has 0 bridgehead atoms. The molecule has 0 aliphatic heterocycles. The quantitative estimate of drug-likeness (QED) is 0.524. The summed E-state index contributed by atoms with van der Waals surface area (Å²) in [4.78, 5) is 24.4. The molecule has 0 heterocycles. The lowest BCUT2D eigenvalue weighted by atomic mass is 9.63. The maximum Gasteiger partial charge on any atom is 0.343 e. The van der Waals surface area contributed by atoms with Gasteiger partial charge in [-0.15, -0.1) is 0 Å². The summed E-state index contributed by atoms with van der Waals surface area (Å²) in [5.74, 6) is -0.388. The van der Waals surface area contributed by atoms with Gasteiger partial charge in [-0.2, -0.15) is 0 Å². The molecule has 0 atom stereocenters. The third-order valence-electron chi connectivity index (χ3n) is 5.66. The van der Waals surface area contributed by atoms with Crippen molar-refractivity contribution in [2.45, 2.75) is 58.3 Å². The van der Waals surface area contributed by atoms with Crippen molar-refractivity contribution >= 4 is 11.9 Å². The number of hydrogen-bond acceptors (Lipinski definition) is 4. The van der Waals surface area contributed by atoms with Crippen LogP contribution in [0.25, 0.3) is 0 Å². The van der Waals surface area contributed by atoms with Crippen molar-refractivity contribution in [3.63, 3.8) is 0 Å². The molecule has 148 valence electrons. The van der Waals surface area contributed by atoms with Crippen molar-refractivity contribution in [3.05, 3.63) is 64.7 Å². The van der Waals surface area contributed by atoms with E-state index in [4.69, 9.17) is 9.47 Å². The van der Waals surface area contributed by atoms with Gasteiger partial charge in [0.15, 0.2) is 0 Å². The summed E-state index contributed by atoms with van der Waals surface area (Å²) < 4.78 is 10.5. The third-order valence-corrected chi connectivity index (χ3v) is 5.66. The smallest absolute Gasteiger partial charge is 0.343 e. The van der Waals surface area contributed by atoms with E-state index >= 15 is 0 Å². The van der Waals surface area contributed by atoms with E-state index in [2.05, 4.69) is 33.8 Å². The summed E-state index contributed by atoms with van der Waals surface area (Å²) in [7, 11) is 0. The standard InChI is InChI=1S/C24H28O4/c1-6-27-21(25)16-7-10-18(11-8-16)28-22(26)17-9-12-19-20(15-17)24(4,5)14-13-23(19,2)3/h7-12,15H,6,13-14H2,1-5H3. The average Bonchev–Trinajstić information content (AvgIpc) is 2.66. The fourth-order valence-electron chi connectivity index (χ4n) is 3.76. The molecule has 0 N–H and O–H groups in total. The number of fused-ring (bicyclic) bond motifs is 1. The van der Waals surface area contributed by atoms with Crippen LogP contribution in [0.2, 0.25) is 0 Å². The SMILES string of the molecule is CCOC(=O)c1ccc(OC(=O)c2ccc3c(c2)C(C)(C)CCC3(C)C)cc1. The fourth-order valence-corrected chi connectivity index (χ4v) is 3.76. The van der Waals surface area contributed by atoms with Crippen molar-refractivity contribution in [1.82, 2.24) is 0 Å². The predicted octanol–water partition coefficient (Wildman–Crippen LogP) is 5.43. The molecule has 0 saturated carbocycles. The topological polar surface area (TPSA) is 52.6 Å². The van der Waals surface area contributed by atoms with Gasteiger partial charge < -0.3 is 9.47 Å². The second kappa shape index (κ2) is 7.42. The Morgan fingerprint density at radius 3 is 2.00 bits per heavy atom. The average molecular weight is 380 g/mol. The largest absolute Gasteiger partial charge is 0.462 e. The van der Waals surface area contributed by atoms with E-state index in [9.17, 15) is 9.59 Å². The second-order valence-corrected chi connectivity index (χ2v) is 8.66. The van der Waals surface area contributed by atoms with Crippen LogP contribution in [-0.2, 0) is 15.6 Å². The Morgan fingerprint density at radius 1 is 0.821 bits per heavy atom. The van der Waals surface area contributed by atoms with Crippen LogP contribution in [0.15, 0.2) is 42.5 Å². The Hall–Kier alpha value is -2.62. The Bertz CT molecular complexity index is 891. The van der Waals surface area contributed by atoms with E-state index in [0.29, 0.717) is 23.5 Å². The Morgan fingerprint density at radius 2 is 1.39 bits per heavy atom. The van der Waals surface area contributed by atoms with E-state index in [1.54, 1.807) is 31.2 Å². The van der Waals surface area contributed by atoms with Crippen molar-refractivity contribution in [3.8, 4) is 5.75 Å². The molecule has 0 amide bonds. The molecule has 0 unspecified atom stereocenters. The summed E-state index contributed by atoms with van der Waals surface area (Å²) in [5, 5.41) is 0. The summed E-state index contributed by atoms with van der Waals surface area (Å²) in [6, 6.07) is 12.3. The van der Waals surface area contributed by atoms with E-state index in [1.807, 2.05) is 12.1 Å². The molecule has 4 nitrogen and oxygen atoms in total. The van der Waals surface area contributed by atoms with Crippen molar-refractivity contribution in [2.24, 2.45) is 0 Å². The normalized spacial score (nSPS) is 16.8. The van der Waals surface area contributed by atoms with Gasteiger partial charge in [0.25, 0.3) is 0 Å². The summed E-state index contributed by atoms with van der Waals surface area (Å²) in [5.41, 5.74) is 3.63. The first-order valence-electron chi connectivity index (χ1n) is 9.78. The lowest BCUT2D eigenvalue weighted by molar-refractivity contribution is 0.0526. The summed E-state index contributed by atoms with van der Waals surface area (Å²) >= 11 is 0. The van der Waals surface area contributed by atoms with Crippen molar-refractivity contribution < 1.29 is 19.1 Å². The molecule has 0 radical (unpaired) electrons. The van der Waals surface area contributed by atoms with Crippen LogP contribution in [0.4, 0.5) is 0 Å². The monoisotopic (exact) mass is 380 g/mol. The number of ether oxygens (including phenoxy) is 2. The molecule has 0 aromatic heterocycles. The van der Waals surface area contributed by atoms with Gasteiger partial charge in [-0.05, 0) is 78.1 Å². The van der Waals surface area contributed by atoms with Crippen LogP contribution in [0.1, 0.15) is 79.3 Å². The van der Waals surface area contributed by atoms with Gasteiger partial charge in [-0.3, -0.25) is 0 Å². The maximum atomic E-state index is 12.7. The number of esters is 2. The van der Waals surface area contributed by atoms with E-state index in [0.717, 1.165) is 12.8 Å². The predicted molar refractivity (Wildman–Crippen MR) is 109 cm³/mol. The molecule has 0 spiro atoms. The van der Waals surface area contributed by atoms with Gasteiger partial charge in [0, 0.05) is 0 Å². The molecule has 0 fully saturated rings.